The third-order valence-corrected chi connectivity index (χ3v) is 5.78. The first-order valence-electron chi connectivity index (χ1n) is 8.12. The fourth-order valence-corrected chi connectivity index (χ4v) is 3.85. The van der Waals surface area contributed by atoms with Gasteiger partial charge in [0.05, 0.1) is 38.5 Å². The van der Waals surface area contributed by atoms with Gasteiger partial charge < -0.3 is 4.42 Å². The van der Waals surface area contributed by atoms with Crippen molar-refractivity contribution in [3.05, 3.63) is 58.3 Å². The Labute approximate surface area is 154 Å². The zero-order valence-corrected chi connectivity index (χ0v) is 15.7. The first-order chi connectivity index (χ1) is 12.7. The van der Waals surface area contributed by atoms with Crippen molar-refractivity contribution in [2.24, 2.45) is 7.05 Å². The van der Waals surface area contributed by atoms with Crippen LogP contribution in [-0.4, -0.2) is 23.0 Å². The van der Waals surface area contributed by atoms with E-state index >= 15 is 0 Å². The van der Waals surface area contributed by atoms with Gasteiger partial charge >= 0.3 is 5.76 Å². The molecular formula is C18H16N4O4S. The highest BCUT2D eigenvalue weighted by molar-refractivity contribution is 7.92. The molecule has 4 aromatic rings. The summed E-state index contributed by atoms with van der Waals surface area (Å²) in [6, 6.07) is 9.24. The van der Waals surface area contributed by atoms with Crippen LogP contribution in [0.3, 0.4) is 0 Å². The molecule has 0 amide bonds. The number of aromatic nitrogens is 3. The lowest BCUT2D eigenvalue weighted by Crippen LogP contribution is -2.13. The first-order valence-corrected chi connectivity index (χ1v) is 9.60. The van der Waals surface area contributed by atoms with Crippen molar-refractivity contribution >= 4 is 37.8 Å². The van der Waals surface area contributed by atoms with Gasteiger partial charge in [-0.05, 0) is 50.2 Å². The molecule has 0 spiro atoms. The van der Waals surface area contributed by atoms with E-state index in [1.165, 1.54) is 29.8 Å². The van der Waals surface area contributed by atoms with Crippen molar-refractivity contribution in [3.63, 3.8) is 0 Å². The summed E-state index contributed by atoms with van der Waals surface area (Å²) in [6.45, 7) is 3.72. The predicted molar refractivity (Wildman–Crippen MR) is 101 cm³/mol. The van der Waals surface area contributed by atoms with E-state index in [-0.39, 0.29) is 4.90 Å². The van der Waals surface area contributed by atoms with E-state index in [1.54, 1.807) is 18.2 Å². The zero-order valence-electron chi connectivity index (χ0n) is 14.8. The predicted octanol–water partition coefficient (Wildman–Crippen LogP) is 2.49. The molecule has 0 saturated heterocycles. The number of aryl methyl sites for hydroxylation is 3. The van der Waals surface area contributed by atoms with E-state index < -0.39 is 15.8 Å². The van der Waals surface area contributed by atoms with E-state index in [0.717, 1.165) is 11.4 Å². The van der Waals surface area contributed by atoms with Crippen LogP contribution in [-0.2, 0) is 17.1 Å². The molecular weight excluding hydrogens is 368 g/mol. The van der Waals surface area contributed by atoms with Crippen LogP contribution in [0.5, 0.6) is 0 Å². The summed E-state index contributed by atoms with van der Waals surface area (Å²) in [7, 11) is -2.34. The molecule has 0 saturated carbocycles. The highest BCUT2D eigenvalue weighted by Gasteiger charge is 2.17. The molecule has 138 valence electrons. The Kier molecular flexibility index (Phi) is 3.77. The number of fused-ring (bicyclic) bond motifs is 2. The molecule has 0 aliphatic carbocycles. The van der Waals surface area contributed by atoms with Crippen LogP contribution >= 0.6 is 0 Å². The molecule has 8 nitrogen and oxygen atoms in total. The lowest BCUT2D eigenvalue weighted by molar-refractivity contribution is 0.528. The number of hydrogen-bond acceptors (Lipinski definition) is 6. The Morgan fingerprint density at radius 2 is 1.70 bits per heavy atom. The molecule has 0 aliphatic rings. The maximum Gasteiger partial charge on any atom is 0.419 e. The van der Waals surface area contributed by atoms with E-state index in [2.05, 4.69) is 14.7 Å². The summed E-state index contributed by atoms with van der Waals surface area (Å²) in [5.74, 6) is -0.550. The summed E-state index contributed by atoms with van der Waals surface area (Å²) < 4.78 is 34.3. The molecule has 27 heavy (non-hydrogen) atoms. The smallest absolute Gasteiger partial charge is 0.408 e. The SMILES string of the molecule is Cc1nc2ccc(NS(=O)(=O)c3ccc4oc(=O)n(C)c4c3)cc2nc1C. The van der Waals surface area contributed by atoms with Crippen LogP contribution in [0.2, 0.25) is 0 Å². The molecule has 2 aromatic heterocycles. The number of nitrogens with one attached hydrogen (secondary N) is 1. The number of anilines is 1. The summed E-state index contributed by atoms with van der Waals surface area (Å²) in [5.41, 5.74) is 4.01. The highest BCUT2D eigenvalue weighted by atomic mass is 32.2. The van der Waals surface area contributed by atoms with Gasteiger partial charge in [-0.2, -0.15) is 0 Å². The highest BCUT2D eigenvalue weighted by Crippen LogP contribution is 2.23. The third-order valence-electron chi connectivity index (χ3n) is 4.40. The van der Waals surface area contributed by atoms with Crippen LogP contribution in [0.25, 0.3) is 22.1 Å². The normalized spacial score (nSPS) is 12.0. The van der Waals surface area contributed by atoms with Crippen molar-refractivity contribution in [1.82, 2.24) is 14.5 Å². The van der Waals surface area contributed by atoms with Crippen molar-refractivity contribution in [1.29, 1.82) is 0 Å². The summed E-state index contributed by atoms with van der Waals surface area (Å²) >= 11 is 0. The van der Waals surface area contributed by atoms with E-state index in [1.807, 2.05) is 13.8 Å². The second kappa shape index (κ2) is 5.92. The third kappa shape index (κ3) is 2.95. The van der Waals surface area contributed by atoms with Gasteiger partial charge in [0.2, 0.25) is 0 Å². The monoisotopic (exact) mass is 384 g/mol. The second-order valence-corrected chi connectivity index (χ2v) is 7.94. The average molecular weight is 384 g/mol. The molecule has 0 aliphatic heterocycles. The Hall–Kier alpha value is -3.20. The fourth-order valence-electron chi connectivity index (χ4n) is 2.78. The van der Waals surface area contributed by atoms with Crippen LogP contribution in [0.15, 0.2) is 50.5 Å². The van der Waals surface area contributed by atoms with Crippen LogP contribution in [0, 0.1) is 13.8 Å². The number of benzene rings is 2. The van der Waals surface area contributed by atoms with Gasteiger partial charge in [-0.1, -0.05) is 0 Å². The van der Waals surface area contributed by atoms with Gasteiger partial charge in [0.15, 0.2) is 5.58 Å². The molecule has 1 N–H and O–H groups in total. The molecule has 4 rings (SSSR count). The number of nitrogens with zero attached hydrogens (tertiary/aromatic N) is 3. The van der Waals surface area contributed by atoms with Crippen molar-refractivity contribution in [2.75, 3.05) is 4.72 Å². The minimum absolute atomic E-state index is 0.0256. The molecule has 9 heteroatoms. The van der Waals surface area contributed by atoms with Crippen molar-refractivity contribution in [3.8, 4) is 0 Å². The summed E-state index contributed by atoms with van der Waals surface area (Å²) in [6.07, 6.45) is 0. The Balaban J connectivity index is 1.74. The van der Waals surface area contributed by atoms with Gasteiger partial charge in [-0.15, -0.1) is 0 Å². The van der Waals surface area contributed by atoms with Crippen LogP contribution in [0.1, 0.15) is 11.4 Å². The zero-order chi connectivity index (χ0) is 19.3. The fraction of sp³-hybridized carbons (Fsp3) is 0.167. The number of oxazole rings is 1. The minimum atomic E-state index is -3.85. The van der Waals surface area contributed by atoms with Crippen LogP contribution < -0.4 is 10.5 Å². The minimum Gasteiger partial charge on any atom is -0.408 e. The van der Waals surface area contributed by atoms with Crippen LogP contribution in [0.4, 0.5) is 5.69 Å². The number of rotatable bonds is 3. The first kappa shape index (κ1) is 17.2. The quantitative estimate of drug-likeness (QED) is 0.581. The molecule has 0 atom stereocenters. The maximum atomic E-state index is 12.8. The molecule has 0 radical (unpaired) electrons. The summed E-state index contributed by atoms with van der Waals surface area (Å²) in [4.78, 5) is 20.5. The van der Waals surface area contributed by atoms with Gasteiger partial charge in [0.25, 0.3) is 10.0 Å². The Bertz CT molecular complexity index is 1370. The second-order valence-electron chi connectivity index (χ2n) is 6.26. The van der Waals surface area contributed by atoms with Gasteiger partial charge in [-0.25, -0.2) is 23.2 Å². The van der Waals surface area contributed by atoms with Crippen molar-refractivity contribution < 1.29 is 12.8 Å². The van der Waals surface area contributed by atoms with E-state index in [4.69, 9.17) is 4.42 Å². The van der Waals surface area contributed by atoms with Gasteiger partial charge in [0, 0.05) is 7.05 Å². The van der Waals surface area contributed by atoms with Gasteiger partial charge in [-0.3, -0.25) is 9.29 Å². The molecule has 0 fully saturated rings. The molecule has 0 bridgehead atoms. The Morgan fingerprint density at radius 1 is 1.00 bits per heavy atom. The number of sulfonamides is 1. The molecule has 2 heterocycles. The van der Waals surface area contributed by atoms with E-state index in [0.29, 0.717) is 27.8 Å². The molecule has 2 aromatic carbocycles. The topological polar surface area (TPSA) is 107 Å². The largest absolute Gasteiger partial charge is 0.419 e. The standard InChI is InChI=1S/C18H16N4O4S/c1-10-11(2)20-15-8-12(4-6-14(15)19-10)21-27(24,25)13-5-7-17-16(9-13)22(3)18(23)26-17/h4-9,21H,1-3H3. The van der Waals surface area contributed by atoms with E-state index in [9.17, 15) is 13.2 Å². The average Bonchev–Trinajstić information content (AvgIpc) is 2.90. The Morgan fingerprint density at radius 3 is 2.44 bits per heavy atom. The lowest BCUT2D eigenvalue weighted by atomic mass is 10.2. The number of hydrogen-bond donors (Lipinski definition) is 1. The summed E-state index contributed by atoms with van der Waals surface area (Å²) in [5, 5.41) is 0. The molecule has 0 unspecified atom stereocenters. The maximum absolute atomic E-state index is 12.8. The van der Waals surface area contributed by atoms with Crippen molar-refractivity contribution in [2.45, 2.75) is 18.7 Å². The lowest BCUT2D eigenvalue weighted by Gasteiger charge is -2.09. The van der Waals surface area contributed by atoms with Gasteiger partial charge in [0.1, 0.15) is 0 Å².